The molecule has 0 saturated heterocycles. The summed E-state index contributed by atoms with van der Waals surface area (Å²) in [5.41, 5.74) is 12.2. The number of amides is 1. The maximum Gasteiger partial charge on any atom is 0.271 e. The number of aromatic nitrogens is 3. The molecule has 2 aromatic heterocycles. The van der Waals surface area contributed by atoms with Crippen molar-refractivity contribution in [3.05, 3.63) is 36.4 Å². The molecule has 5 N–H and O–H groups in total. The van der Waals surface area contributed by atoms with E-state index in [1.807, 2.05) is 0 Å². The van der Waals surface area contributed by atoms with Gasteiger partial charge in [-0.1, -0.05) is 19.3 Å². The molecule has 0 atom stereocenters. The first-order valence-electron chi connectivity index (χ1n) is 8.07. The van der Waals surface area contributed by atoms with Gasteiger partial charge in [-0.25, -0.2) is 9.97 Å². The van der Waals surface area contributed by atoms with Crippen LogP contribution in [0, 0.1) is 0 Å². The first-order chi connectivity index (χ1) is 11.7. The quantitative estimate of drug-likeness (QED) is 0.620. The van der Waals surface area contributed by atoms with Crippen molar-refractivity contribution < 1.29 is 4.79 Å². The predicted octanol–water partition coefficient (Wildman–Crippen LogP) is 1.96. The Morgan fingerprint density at radius 3 is 2.71 bits per heavy atom. The number of hydrogen-bond acceptors (Lipinski definition) is 7. The average Bonchev–Trinajstić information content (AvgIpc) is 2.64. The van der Waals surface area contributed by atoms with Crippen LogP contribution >= 0.6 is 0 Å². The fourth-order valence-corrected chi connectivity index (χ4v) is 2.74. The zero-order chi connectivity index (χ0) is 16.8. The topological polar surface area (TPSA) is 118 Å². The van der Waals surface area contributed by atoms with E-state index >= 15 is 0 Å². The van der Waals surface area contributed by atoms with Crippen LogP contribution in [0.5, 0.6) is 0 Å². The van der Waals surface area contributed by atoms with E-state index in [0.29, 0.717) is 28.9 Å². The number of nitrogens with zero attached hydrogens (tertiary/aromatic N) is 3. The van der Waals surface area contributed by atoms with Crippen LogP contribution in [-0.4, -0.2) is 26.9 Å². The van der Waals surface area contributed by atoms with Gasteiger partial charge in [-0.2, -0.15) is 0 Å². The molecule has 2 heterocycles. The Labute approximate surface area is 140 Å². The molecule has 126 valence electrons. The molecule has 1 fully saturated rings. The second-order valence-electron chi connectivity index (χ2n) is 5.78. The van der Waals surface area contributed by atoms with Gasteiger partial charge in [-0.15, -0.1) is 0 Å². The number of nitrogens with one attached hydrogen (secondary N) is 3. The Kier molecular flexibility index (Phi) is 5.05. The minimum absolute atomic E-state index is 0.317. The number of hydrazine groups is 1. The van der Waals surface area contributed by atoms with Gasteiger partial charge in [0.25, 0.3) is 5.91 Å². The minimum atomic E-state index is -0.317. The summed E-state index contributed by atoms with van der Waals surface area (Å²) >= 11 is 0. The summed E-state index contributed by atoms with van der Waals surface area (Å²) in [6, 6.07) is 3.75. The molecule has 0 unspecified atom stereocenters. The largest absolute Gasteiger partial charge is 0.393 e. The maximum atomic E-state index is 12.0. The van der Waals surface area contributed by atoms with Crippen LogP contribution < -0.4 is 21.9 Å². The van der Waals surface area contributed by atoms with Crippen molar-refractivity contribution in [2.45, 2.75) is 38.1 Å². The van der Waals surface area contributed by atoms with Gasteiger partial charge in [0, 0.05) is 18.4 Å². The zero-order valence-corrected chi connectivity index (χ0v) is 13.3. The molecule has 8 heteroatoms. The van der Waals surface area contributed by atoms with E-state index in [1.54, 1.807) is 18.3 Å². The Morgan fingerprint density at radius 1 is 1.17 bits per heavy atom. The third kappa shape index (κ3) is 3.89. The molecule has 1 saturated carbocycles. The first-order valence-corrected chi connectivity index (χ1v) is 8.07. The molecule has 1 aliphatic carbocycles. The minimum Gasteiger partial charge on any atom is -0.393 e. The number of nitrogen functional groups attached to an aromatic ring is 1. The average molecular weight is 327 g/mol. The summed E-state index contributed by atoms with van der Waals surface area (Å²) in [6.45, 7) is 0. The van der Waals surface area contributed by atoms with Gasteiger partial charge >= 0.3 is 0 Å². The van der Waals surface area contributed by atoms with Crippen LogP contribution in [0.2, 0.25) is 0 Å². The van der Waals surface area contributed by atoms with E-state index in [2.05, 4.69) is 31.1 Å². The van der Waals surface area contributed by atoms with E-state index in [4.69, 9.17) is 5.73 Å². The maximum absolute atomic E-state index is 12.0. The Bertz CT molecular complexity index is 686. The fraction of sp³-hybridized carbons (Fsp3) is 0.375. The molecule has 0 aliphatic heterocycles. The lowest BCUT2D eigenvalue weighted by Crippen LogP contribution is -2.31. The van der Waals surface area contributed by atoms with Crippen molar-refractivity contribution in [1.29, 1.82) is 0 Å². The van der Waals surface area contributed by atoms with Gasteiger partial charge in [-0.3, -0.25) is 20.6 Å². The zero-order valence-electron chi connectivity index (χ0n) is 13.3. The molecular weight excluding hydrogens is 306 g/mol. The van der Waals surface area contributed by atoms with Crippen LogP contribution in [0.25, 0.3) is 0 Å². The lowest BCUT2D eigenvalue weighted by molar-refractivity contribution is 0.0962. The fourth-order valence-electron chi connectivity index (χ4n) is 2.74. The summed E-state index contributed by atoms with van der Waals surface area (Å²) in [4.78, 5) is 24.2. The van der Waals surface area contributed by atoms with E-state index in [1.165, 1.54) is 31.8 Å². The van der Waals surface area contributed by atoms with Gasteiger partial charge in [0.1, 0.15) is 12.0 Å². The smallest absolute Gasteiger partial charge is 0.271 e. The molecule has 0 aromatic carbocycles. The number of nitrogens with two attached hydrogens (primary N) is 1. The van der Waals surface area contributed by atoms with Gasteiger partial charge in [-0.05, 0) is 25.0 Å². The van der Waals surface area contributed by atoms with Crippen molar-refractivity contribution in [2.75, 3.05) is 16.5 Å². The highest BCUT2D eigenvalue weighted by atomic mass is 16.2. The second-order valence-corrected chi connectivity index (χ2v) is 5.78. The predicted molar refractivity (Wildman–Crippen MR) is 92.3 cm³/mol. The van der Waals surface area contributed by atoms with Crippen LogP contribution in [-0.2, 0) is 0 Å². The summed E-state index contributed by atoms with van der Waals surface area (Å²) in [6.07, 6.45) is 10.5. The van der Waals surface area contributed by atoms with Crippen molar-refractivity contribution in [1.82, 2.24) is 20.4 Å². The highest BCUT2D eigenvalue weighted by molar-refractivity contribution is 5.94. The normalized spacial score (nSPS) is 14.8. The van der Waals surface area contributed by atoms with Crippen molar-refractivity contribution in [3.8, 4) is 0 Å². The van der Waals surface area contributed by atoms with Crippen LogP contribution in [0.1, 0.15) is 42.5 Å². The summed E-state index contributed by atoms with van der Waals surface area (Å²) in [7, 11) is 0. The van der Waals surface area contributed by atoms with Crippen LogP contribution in [0.15, 0.2) is 30.9 Å². The number of pyridine rings is 1. The Balaban J connectivity index is 1.63. The van der Waals surface area contributed by atoms with Gasteiger partial charge in [0.2, 0.25) is 0 Å². The summed E-state index contributed by atoms with van der Waals surface area (Å²) in [5, 5.41) is 3.37. The third-order valence-corrected chi connectivity index (χ3v) is 4.05. The third-order valence-electron chi connectivity index (χ3n) is 4.05. The molecule has 2 aromatic rings. The number of rotatable bonds is 5. The highest BCUT2D eigenvalue weighted by Gasteiger charge is 2.16. The molecule has 8 nitrogen and oxygen atoms in total. The summed E-state index contributed by atoms with van der Waals surface area (Å²) in [5.74, 6) is 0.637. The number of carbonyl (C=O) groups excluding carboxylic acids is 1. The van der Waals surface area contributed by atoms with Crippen molar-refractivity contribution >= 4 is 23.2 Å². The van der Waals surface area contributed by atoms with Crippen LogP contribution in [0.4, 0.5) is 17.3 Å². The Morgan fingerprint density at radius 2 is 1.96 bits per heavy atom. The molecular formula is C16H21N7O. The molecule has 0 spiro atoms. The molecule has 0 bridgehead atoms. The standard InChI is InChI=1S/C16H21N7O/c17-13-14(21-12-6-2-1-3-7-12)19-10-20-15(13)22-23-16(24)11-5-4-8-18-9-11/h4-5,8-10,12H,1-3,6-7,17H2,(H,23,24)(H2,19,20,21,22). The van der Waals surface area contributed by atoms with Crippen LogP contribution in [0.3, 0.4) is 0 Å². The molecule has 0 radical (unpaired) electrons. The Hall–Kier alpha value is -2.90. The van der Waals surface area contributed by atoms with Gasteiger partial charge in [0.05, 0.1) is 5.56 Å². The highest BCUT2D eigenvalue weighted by Crippen LogP contribution is 2.26. The summed E-state index contributed by atoms with van der Waals surface area (Å²) < 4.78 is 0. The number of anilines is 3. The first kappa shape index (κ1) is 16.0. The van der Waals surface area contributed by atoms with E-state index in [0.717, 1.165) is 12.8 Å². The molecule has 1 amide bonds. The van der Waals surface area contributed by atoms with E-state index in [9.17, 15) is 4.79 Å². The lowest BCUT2D eigenvalue weighted by Gasteiger charge is -2.24. The van der Waals surface area contributed by atoms with E-state index in [-0.39, 0.29) is 5.91 Å². The molecule has 24 heavy (non-hydrogen) atoms. The van der Waals surface area contributed by atoms with Gasteiger partial charge in [0.15, 0.2) is 11.6 Å². The van der Waals surface area contributed by atoms with Gasteiger partial charge < -0.3 is 11.1 Å². The second kappa shape index (κ2) is 7.58. The van der Waals surface area contributed by atoms with Crippen molar-refractivity contribution in [3.63, 3.8) is 0 Å². The molecule has 3 rings (SSSR count). The lowest BCUT2D eigenvalue weighted by atomic mass is 9.95. The monoisotopic (exact) mass is 327 g/mol. The molecule has 1 aliphatic rings. The number of carbonyl (C=O) groups is 1. The number of hydrogen-bond donors (Lipinski definition) is 4. The van der Waals surface area contributed by atoms with Crippen molar-refractivity contribution in [2.24, 2.45) is 0 Å². The SMILES string of the molecule is Nc1c(NNC(=O)c2cccnc2)ncnc1NC1CCCCC1. The van der Waals surface area contributed by atoms with E-state index < -0.39 is 0 Å².